The van der Waals surface area contributed by atoms with Crippen LogP contribution < -0.4 is 10.5 Å². The van der Waals surface area contributed by atoms with Crippen molar-refractivity contribution in [2.45, 2.75) is 31.7 Å². The Hall–Kier alpha value is -3.56. The summed E-state index contributed by atoms with van der Waals surface area (Å²) in [6, 6.07) is 9.04. The fourth-order valence-corrected chi connectivity index (χ4v) is 5.94. The molecule has 0 aliphatic carbocycles. The van der Waals surface area contributed by atoms with Crippen molar-refractivity contribution in [2.75, 3.05) is 19.0 Å². The molecule has 37 heavy (non-hydrogen) atoms. The third-order valence-corrected chi connectivity index (χ3v) is 7.77. The molecule has 1 aromatic heterocycles. The lowest BCUT2D eigenvalue weighted by Gasteiger charge is -2.40. The summed E-state index contributed by atoms with van der Waals surface area (Å²) in [5, 5.41) is 0.442. The highest BCUT2D eigenvalue weighted by Gasteiger charge is 2.45. The largest absolute Gasteiger partial charge is 0.453 e. The molecule has 0 fully saturated rings. The fourth-order valence-electron chi connectivity index (χ4n) is 5.12. The Kier molecular flexibility index (Phi) is 6.04. The van der Waals surface area contributed by atoms with Gasteiger partial charge in [-0.15, -0.1) is 0 Å². The summed E-state index contributed by atoms with van der Waals surface area (Å²) in [5.41, 5.74) is 10.5. The van der Waals surface area contributed by atoms with E-state index < -0.39 is 11.4 Å². The molecule has 0 bridgehead atoms. The number of nitrogens with two attached hydrogens (primary N) is 1. The first-order chi connectivity index (χ1) is 17.9. The Morgan fingerprint density at radius 2 is 2.08 bits per heavy atom. The predicted octanol–water partition coefficient (Wildman–Crippen LogP) is 4.95. The summed E-state index contributed by atoms with van der Waals surface area (Å²) in [6.45, 7) is 2.92. The minimum absolute atomic E-state index is 0.138. The molecule has 0 unspecified atom stereocenters. The summed E-state index contributed by atoms with van der Waals surface area (Å²) in [7, 11) is 0. The molecule has 1 spiro atoms. The van der Waals surface area contributed by atoms with Crippen molar-refractivity contribution in [3.63, 3.8) is 0 Å². The van der Waals surface area contributed by atoms with Crippen molar-refractivity contribution < 1.29 is 18.7 Å². The van der Waals surface area contributed by atoms with Gasteiger partial charge in [-0.2, -0.15) is 0 Å². The first kappa shape index (κ1) is 23.8. The van der Waals surface area contributed by atoms with Gasteiger partial charge >= 0.3 is 0 Å². The molecule has 188 valence electrons. The molecule has 4 heterocycles. The van der Waals surface area contributed by atoms with Crippen LogP contribution in [0.4, 0.5) is 4.39 Å². The Morgan fingerprint density at radius 1 is 1.19 bits per heavy atom. The van der Waals surface area contributed by atoms with Crippen LogP contribution in [0, 0.1) is 12.7 Å². The number of hydrogen-bond acceptors (Lipinski definition) is 8. The second kappa shape index (κ2) is 9.39. The molecule has 0 saturated heterocycles. The maximum Gasteiger partial charge on any atom is 0.187 e. The zero-order chi connectivity index (χ0) is 25.6. The zero-order valence-corrected chi connectivity index (χ0v) is 21.1. The van der Waals surface area contributed by atoms with Crippen molar-refractivity contribution in [2.24, 2.45) is 10.7 Å². The molecular weight excluding hydrogens is 491 g/mol. The van der Waals surface area contributed by atoms with Gasteiger partial charge in [-0.05, 0) is 60.7 Å². The highest BCUT2D eigenvalue weighted by atomic mass is 32.2. The van der Waals surface area contributed by atoms with Crippen LogP contribution in [0.25, 0.3) is 5.57 Å². The molecule has 1 atom stereocenters. The number of aryl methyl sites for hydroxylation is 1. The van der Waals surface area contributed by atoms with Crippen LogP contribution in [0.1, 0.15) is 51.3 Å². The van der Waals surface area contributed by atoms with Crippen molar-refractivity contribution in [1.82, 2.24) is 9.97 Å². The number of aliphatic imine (C=N–C) groups is 1. The van der Waals surface area contributed by atoms with E-state index in [0.717, 1.165) is 33.7 Å². The second-order valence-electron chi connectivity index (χ2n) is 9.37. The van der Waals surface area contributed by atoms with Gasteiger partial charge in [0, 0.05) is 29.5 Å². The van der Waals surface area contributed by atoms with Gasteiger partial charge in [-0.1, -0.05) is 23.9 Å². The molecule has 2 N–H and O–H groups in total. The van der Waals surface area contributed by atoms with E-state index in [4.69, 9.17) is 20.2 Å². The van der Waals surface area contributed by atoms with Gasteiger partial charge in [0.25, 0.3) is 0 Å². The van der Waals surface area contributed by atoms with Crippen molar-refractivity contribution in [3.8, 4) is 11.5 Å². The molecule has 2 aromatic carbocycles. The summed E-state index contributed by atoms with van der Waals surface area (Å²) >= 11 is 1.48. The number of hydrogen-bond donors (Lipinski definition) is 1. The van der Waals surface area contributed by atoms with Crippen LogP contribution in [-0.4, -0.2) is 39.9 Å². The first-order valence-corrected chi connectivity index (χ1v) is 13.1. The minimum atomic E-state index is -0.913. The smallest absolute Gasteiger partial charge is 0.187 e. The molecule has 0 saturated carbocycles. The third kappa shape index (κ3) is 4.32. The van der Waals surface area contributed by atoms with Gasteiger partial charge in [0.1, 0.15) is 17.0 Å². The summed E-state index contributed by atoms with van der Waals surface area (Å²) in [4.78, 5) is 26.3. The highest BCUT2D eigenvalue weighted by molar-refractivity contribution is 8.13. The van der Waals surface area contributed by atoms with Gasteiger partial charge < -0.3 is 15.2 Å². The minimum Gasteiger partial charge on any atom is -0.453 e. The number of rotatable bonds is 4. The quantitative estimate of drug-likeness (QED) is 0.490. The van der Waals surface area contributed by atoms with Gasteiger partial charge in [-0.25, -0.2) is 14.4 Å². The molecule has 7 nitrogen and oxygen atoms in total. The Morgan fingerprint density at radius 3 is 2.84 bits per heavy atom. The van der Waals surface area contributed by atoms with Crippen molar-refractivity contribution >= 4 is 28.3 Å². The molecule has 0 radical (unpaired) electrons. The number of Topliss-reactive ketones (excluding diaryl/α,β-unsaturated/α-hetero) is 1. The van der Waals surface area contributed by atoms with E-state index in [1.54, 1.807) is 12.3 Å². The Labute approximate surface area is 218 Å². The number of aromatic nitrogens is 2. The van der Waals surface area contributed by atoms with E-state index in [0.29, 0.717) is 48.2 Å². The zero-order valence-electron chi connectivity index (χ0n) is 20.3. The van der Waals surface area contributed by atoms with E-state index in [-0.39, 0.29) is 18.0 Å². The monoisotopic (exact) mass is 516 g/mol. The molecule has 3 aliphatic heterocycles. The van der Waals surface area contributed by atoms with Crippen LogP contribution in [-0.2, 0) is 16.7 Å². The number of carbonyl (C=O) groups excluding carboxylic acids is 1. The second-order valence-corrected chi connectivity index (χ2v) is 10.5. The first-order valence-electron chi connectivity index (χ1n) is 12.2. The number of fused-ring (bicyclic) bond motifs is 4. The molecule has 6 rings (SSSR count). The number of carbonyl (C=O) groups is 1. The molecular formula is C28H25FN4O3S. The van der Waals surface area contributed by atoms with Crippen LogP contribution in [0.3, 0.4) is 0 Å². The molecule has 9 heteroatoms. The van der Waals surface area contributed by atoms with Gasteiger partial charge in [0.05, 0.1) is 25.1 Å². The average molecular weight is 517 g/mol. The number of nitrogens with zero attached hydrogens (tertiary/aromatic N) is 3. The van der Waals surface area contributed by atoms with Gasteiger partial charge in [0.15, 0.2) is 22.5 Å². The molecule has 3 aliphatic rings. The topological polar surface area (TPSA) is 99.7 Å². The molecule has 3 aromatic rings. The number of halogens is 1. The van der Waals surface area contributed by atoms with E-state index in [9.17, 15) is 4.79 Å². The van der Waals surface area contributed by atoms with Crippen molar-refractivity contribution in [3.05, 3.63) is 88.3 Å². The number of ketones is 1. The van der Waals surface area contributed by atoms with Gasteiger partial charge in [-0.3, -0.25) is 9.78 Å². The Bertz CT molecular complexity index is 1470. The highest BCUT2D eigenvalue weighted by Crippen LogP contribution is 2.54. The standard InChI is InChI=1S/C28H25FN4O3S/c1-16-14-32-23(15-31-16)24(34)11-17-2-3-25-20(10-17)28(6-9-37-27(30)33-28)21-12-19(13-22(29)26(21)36-25)18-4-7-35-8-5-18/h2-4,10,12-15H,5-9,11H2,1H3,(H2,30,33)/t28-/m0/s1. The van der Waals surface area contributed by atoms with Crippen molar-refractivity contribution in [1.29, 1.82) is 0 Å². The maximum absolute atomic E-state index is 15.6. The number of benzene rings is 2. The number of thioether (sulfide) groups is 1. The lowest BCUT2D eigenvalue weighted by Crippen LogP contribution is -2.36. The van der Waals surface area contributed by atoms with E-state index in [1.807, 2.05) is 31.2 Å². The Balaban J connectivity index is 1.46. The normalized spacial score (nSPS) is 20.4. The van der Waals surface area contributed by atoms with E-state index in [2.05, 4.69) is 9.97 Å². The van der Waals surface area contributed by atoms with Crippen LogP contribution >= 0.6 is 11.8 Å². The van der Waals surface area contributed by atoms with Crippen LogP contribution in [0.5, 0.6) is 11.5 Å². The van der Waals surface area contributed by atoms with E-state index >= 15 is 4.39 Å². The van der Waals surface area contributed by atoms with Gasteiger partial charge in [0.2, 0.25) is 0 Å². The van der Waals surface area contributed by atoms with E-state index in [1.165, 1.54) is 24.0 Å². The SMILES string of the molecule is Cc1cnc(C(=O)Cc2ccc3c(c2)[C@@]2(CCSC(N)=N2)c2cc(C4=CCOCC4)cc(F)c2O3)cn1. The summed E-state index contributed by atoms with van der Waals surface area (Å²) in [6.07, 6.45) is 6.53. The lowest BCUT2D eigenvalue weighted by atomic mass is 9.76. The number of amidine groups is 1. The third-order valence-electron chi connectivity index (χ3n) is 6.97. The predicted molar refractivity (Wildman–Crippen MR) is 141 cm³/mol. The average Bonchev–Trinajstić information content (AvgIpc) is 2.90. The fraction of sp³-hybridized carbons (Fsp3) is 0.286. The summed E-state index contributed by atoms with van der Waals surface area (Å²) < 4.78 is 27.1. The maximum atomic E-state index is 15.6. The lowest BCUT2D eigenvalue weighted by molar-refractivity contribution is 0.0987. The van der Waals surface area contributed by atoms with Crippen LogP contribution in [0.2, 0.25) is 0 Å². The summed E-state index contributed by atoms with van der Waals surface area (Å²) in [5.74, 6) is 0.832. The van der Waals surface area contributed by atoms with Crippen LogP contribution in [0.15, 0.2) is 53.8 Å². The number of ether oxygens (including phenoxy) is 2. The molecule has 0 amide bonds.